The number of carbonyl (C=O) groups excluding carboxylic acids is 2. The lowest BCUT2D eigenvalue weighted by atomic mass is 10.2. The first-order valence-electron chi connectivity index (χ1n) is 8.18. The number of hydrogen-bond donors (Lipinski definition) is 2. The summed E-state index contributed by atoms with van der Waals surface area (Å²) in [7, 11) is 0. The molecular formula is C19H18I2N4O2. The van der Waals surface area contributed by atoms with E-state index in [2.05, 4.69) is 66.2 Å². The van der Waals surface area contributed by atoms with Gasteiger partial charge in [0.2, 0.25) is 11.8 Å². The van der Waals surface area contributed by atoms with Crippen molar-refractivity contribution in [3.63, 3.8) is 0 Å². The lowest BCUT2D eigenvalue weighted by Gasteiger charge is -2.01. The molecule has 0 saturated heterocycles. The van der Waals surface area contributed by atoms with Gasteiger partial charge in [-0.05, 0) is 87.0 Å². The van der Waals surface area contributed by atoms with Gasteiger partial charge in [0.1, 0.15) is 0 Å². The van der Waals surface area contributed by atoms with Crippen molar-refractivity contribution < 1.29 is 9.59 Å². The van der Waals surface area contributed by atoms with Crippen LogP contribution in [0.1, 0.15) is 30.4 Å². The molecule has 2 aromatic rings. The normalized spacial score (nSPS) is 11.0. The van der Waals surface area contributed by atoms with E-state index in [1.54, 1.807) is 12.4 Å². The number of benzene rings is 2. The van der Waals surface area contributed by atoms with Gasteiger partial charge in [0, 0.05) is 20.0 Å². The molecule has 0 fully saturated rings. The Morgan fingerprint density at radius 2 is 1.26 bits per heavy atom. The van der Waals surface area contributed by atoms with E-state index in [-0.39, 0.29) is 24.7 Å². The minimum Gasteiger partial charge on any atom is -0.273 e. The van der Waals surface area contributed by atoms with Crippen LogP contribution in [0.15, 0.2) is 58.7 Å². The van der Waals surface area contributed by atoms with Gasteiger partial charge in [-0.1, -0.05) is 24.3 Å². The molecule has 0 heterocycles. The SMILES string of the molecule is O=C(CCCC(=O)NN=Cc1cccc(I)c1)NN=Cc1cccc(I)c1. The Balaban J connectivity index is 1.63. The molecule has 2 amide bonds. The van der Waals surface area contributed by atoms with Crippen molar-refractivity contribution in [3.05, 3.63) is 66.8 Å². The fraction of sp³-hybridized carbons (Fsp3) is 0.158. The van der Waals surface area contributed by atoms with Crippen molar-refractivity contribution in [1.82, 2.24) is 10.9 Å². The largest absolute Gasteiger partial charge is 0.273 e. The predicted octanol–water partition coefficient (Wildman–Crippen LogP) is 3.67. The van der Waals surface area contributed by atoms with E-state index in [1.165, 1.54) is 0 Å². The van der Waals surface area contributed by atoms with Gasteiger partial charge in [0.05, 0.1) is 12.4 Å². The topological polar surface area (TPSA) is 82.9 Å². The Morgan fingerprint density at radius 1 is 0.815 bits per heavy atom. The molecule has 0 spiro atoms. The molecule has 0 aromatic heterocycles. The van der Waals surface area contributed by atoms with Crippen molar-refractivity contribution in [2.45, 2.75) is 19.3 Å². The van der Waals surface area contributed by atoms with Gasteiger partial charge < -0.3 is 0 Å². The Labute approximate surface area is 185 Å². The lowest BCUT2D eigenvalue weighted by Crippen LogP contribution is -2.20. The quantitative estimate of drug-likeness (QED) is 0.281. The smallest absolute Gasteiger partial charge is 0.240 e. The molecule has 8 heteroatoms. The third kappa shape index (κ3) is 9.09. The highest BCUT2D eigenvalue weighted by Crippen LogP contribution is 2.06. The Hall–Kier alpha value is -1.82. The third-order valence-electron chi connectivity index (χ3n) is 3.31. The maximum absolute atomic E-state index is 11.7. The fourth-order valence-corrected chi connectivity index (χ4v) is 3.19. The second kappa shape index (κ2) is 11.8. The number of amides is 2. The molecule has 0 radical (unpaired) electrons. The van der Waals surface area contributed by atoms with Gasteiger partial charge in [-0.3, -0.25) is 9.59 Å². The molecule has 0 atom stereocenters. The van der Waals surface area contributed by atoms with Crippen molar-refractivity contribution in [2.24, 2.45) is 10.2 Å². The van der Waals surface area contributed by atoms with Crippen LogP contribution in [0.3, 0.4) is 0 Å². The number of nitrogens with zero attached hydrogens (tertiary/aromatic N) is 2. The van der Waals surface area contributed by atoms with Gasteiger partial charge in [0.25, 0.3) is 0 Å². The Bertz CT molecular complexity index is 784. The summed E-state index contributed by atoms with van der Waals surface area (Å²) in [6.07, 6.45) is 4.04. The maximum atomic E-state index is 11.7. The van der Waals surface area contributed by atoms with Gasteiger partial charge in [0.15, 0.2) is 0 Å². The average molecular weight is 588 g/mol. The fourth-order valence-electron chi connectivity index (χ4n) is 2.05. The highest BCUT2D eigenvalue weighted by atomic mass is 127. The summed E-state index contributed by atoms with van der Waals surface area (Å²) in [5, 5.41) is 7.84. The molecule has 6 nitrogen and oxygen atoms in total. The first kappa shape index (κ1) is 21.5. The number of hydrazone groups is 2. The minimum absolute atomic E-state index is 0.220. The number of rotatable bonds is 8. The highest BCUT2D eigenvalue weighted by Gasteiger charge is 2.04. The van der Waals surface area contributed by atoms with Crippen LogP contribution in [0.25, 0.3) is 0 Å². The Kier molecular flexibility index (Phi) is 9.39. The molecular weight excluding hydrogens is 570 g/mol. The molecule has 140 valence electrons. The Morgan fingerprint density at radius 3 is 1.67 bits per heavy atom. The van der Waals surface area contributed by atoms with Crippen LogP contribution in [0, 0.1) is 7.14 Å². The summed E-state index contributed by atoms with van der Waals surface area (Å²) in [5.74, 6) is -0.459. The molecule has 0 bridgehead atoms. The first-order valence-corrected chi connectivity index (χ1v) is 10.3. The third-order valence-corrected chi connectivity index (χ3v) is 4.65. The van der Waals surface area contributed by atoms with Crippen LogP contribution < -0.4 is 10.9 Å². The molecule has 0 aliphatic rings. The van der Waals surface area contributed by atoms with E-state index >= 15 is 0 Å². The van der Waals surface area contributed by atoms with E-state index in [0.717, 1.165) is 18.3 Å². The predicted molar refractivity (Wildman–Crippen MR) is 124 cm³/mol. The van der Waals surface area contributed by atoms with Crippen molar-refractivity contribution in [3.8, 4) is 0 Å². The van der Waals surface area contributed by atoms with Crippen molar-refractivity contribution in [1.29, 1.82) is 0 Å². The number of carbonyl (C=O) groups is 2. The zero-order chi connectivity index (χ0) is 19.5. The summed E-state index contributed by atoms with van der Waals surface area (Å²) in [4.78, 5) is 23.4. The highest BCUT2D eigenvalue weighted by molar-refractivity contribution is 14.1. The standard InChI is InChI=1S/C19H18I2N4O2/c20-16-6-1-4-14(10-16)12-22-24-18(26)8-3-9-19(27)25-23-13-15-5-2-7-17(21)11-15/h1-2,4-7,10-13H,3,8-9H2,(H,24,26)(H,25,27). The minimum atomic E-state index is -0.230. The maximum Gasteiger partial charge on any atom is 0.240 e. The van der Waals surface area contributed by atoms with E-state index in [1.807, 2.05) is 48.5 Å². The molecule has 0 aliphatic heterocycles. The molecule has 0 saturated carbocycles. The van der Waals surface area contributed by atoms with E-state index < -0.39 is 0 Å². The van der Waals surface area contributed by atoms with Crippen LogP contribution in [0.5, 0.6) is 0 Å². The van der Waals surface area contributed by atoms with Gasteiger partial charge >= 0.3 is 0 Å². The summed E-state index contributed by atoms with van der Waals surface area (Å²) in [6.45, 7) is 0. The summed E-state index contributed by atoms with van der Waals surface area (Å²) < 4.78 is 2.19. The number of halogens is 2. The summed E-state index contributed by atoms with van der Waals surface area (Å²) in [5.41, 5.74) is 6.74. The van der Waals surface area contributed by atoms with E-state index in [9.17, 15) is 9.59 Å². The van der Waals surface area contributed by atoms with Crippen molar-refractivity contribution in [2.75, 3.05) is 0 Å². The van der Waals surface area contributed by atoms with Crippen LogP contribution in [0.4, 0.5) is 0 Å². The molecule has 2 rings (SSSR count). The monoisotopic (exact) mass is 588 g/mol. The van der Waals surface area contributed by atoms with Gasteiger partial charge in [-0.15, -0.1) is 0 Å². The zero-order valence-electron chi connectivity index (χ0n) is 14.4. The van der Waals surface area contributed by atoms with E-state index in [4.69, 9.17) is 0 Å². The molecule has 2 N–H and O–H groups in total. The van der Waals surface area contributed by atoms with Gasteiger partial charge in [-0.25, -0.2) is 10.9 Å². The zero-order valence-corrected chi connectivity index (χ0v) is 18.7. The molecule has 0 unspecified atom stereocenters. The van der Waals surface area contributed by atoms with Crippen LogP contribution >= 0.6 is 45.2 Å². The average Bonchev–Trinajstić information content (AvgIpc) is 2.62. The van der Waals surface area contributed by atoms with Crippen LogP contribution in [-0.2, 0) is 9.59 Å². The lowest BCUT2D eigenvalue weighted by molar-refractivity contribution is -0.122. The van der Waals surface area contributed by atoms with Crippen LogP contribution in [-0.4, -0.2) is 24.2 Å². The van der Waals surface area contributed by atoms with Crippen LogP contribution in [0.2, 0.25) is 0 Å². The second-order valence-electron chi connectivity index (χ2n) is 5.55. The first-order chi connectivity index (χ1) is 13.0. The number of nitrogens with one attached hydrogen (secondary N) is 2. The van der Waals surface area contributed by atoms with Gasteiger partial charge in [-0.2, -0.15) is 10.2 Å². The number of hydrogen-bond acceptors (Lipinski definition) is 4. The molecule has 27 heavy (non-hydrogen) atoms. The second-order valence-corrected chi connectivity index (χ2v) is 8.04. The summed E-state index contributed by atoms with van der Waals surface area (Å²) >= 11 is 4.42. The van der Waals surface area contributed by atoms with Crippen molar-refractivity contribution >= 4 is 69.4 Å². The molecule has 2 aromatic carbocycles. The molecule has 0 aliphatic carbocycles. The van der Waals surface area contributed by atoms with E-state index in [0.29, 0.717) is 6.42 Å². The summed E-state index contributed by atoms with van der Waals surface area (Å²) in [6, 6.07) is 15.5.